The SMILES string of the molecule is COc1cc(OC)cc(C(N)c2cc(C)c(C)cc2Cl)c1. The number of aryl methyl sites for hydroxylation is 2. The van der Waals surface area contributed by atoms with Crippen LogP contribution in [0.4, 0.5) is 0 Å². The quantitative estimate of drug-likeness (QED) is 0.928. The Morgan fingerprint density at radius 1 is 0.905 bits per heavy atom. The summed E-state index contributed by atoms with van der Waals surface area (Å²) >= 11 is 6.35. The van der Waals surface area contributed by atoms with E-state index < -0.39 is 0 Å². The number of nitrogens with two attached hydrogens (primary N) is 1. The van der Waals surface area contributed by atoms with Crippen molar-refractivity contribution in [1.82, 2.24) is 0 Å². The van der Waals surface area contributed by atoms with E-state index in [1.165, 1.54) is 5.56 Å². The average molecular weight is 306 g/mol. The Morgan fingerprint density at radius 3 is 1.95 bits per heavy atom. The van der Waals surface area contributed by atoms with Crippen molar-refractivity contribution >= 4 is 11.6 Å². The lowest BCUT2D eigenvalue weighted by Crippen LogP contribution is -2.13. The number of benzene rings is 2. The smallest absolute Gasteiger partial charge is 0.122 e. The Bertz CT molecular complexity index is 633. The fraction of sp³-hybridized carbons (Fsp3) is 0.294. The molecule has 0 aromatic heterocycles. The molecule has 0 aliphatic rings. The maximum Gasteiger partial charge on any atom is 0.122 e. The summed E-state index contributed by atoms with van der Waals surface area (Å²) in [5, 5.41) is 0.674. The van der Waals surface area contributed by atoms with E-state index in [1.807, 2.05) is 44.2 Å². The predicted molar refractivity (Wildman–Crippen MR) is 86.5 cm³/mol. The van der Waals surface area contributed by atoms with Crippen molar-refractivity contribution in [1.29, 1.82) is 0 Å². The minimum Gasteiger partial charge on any atom is -0.497 e. The Balaban J connectivity index is 2.49. The monoisotopic (exact) mass is 305 g/mol. The maximum atomic E-state index is 6.39. The van der Waals surface area contributed by atoms with Crippen LogP contribution >= 0.6 is 11.6 Å². The van der Waals surface area contributed by atoms with Gasteiger partial charge in [0.15, 0.2) is 0 Å². The minimum absolute atomic E-state index is 0.333. The molecule has 2 N–H and O–H groups in total. The number of rotatable bonds is 4. The van der Waals surface area contributed by atoms with Crippen molar-refractivity contribution in [3.05, 3.63) is 57.6 Å². The molecule has 3 nitrogen and oxygen atoms in total. The molecular weight excluding hydrogens is 286 g/mol. The van der Waals surface area contributed by atoms with Crippen molar-refractivity contribution in [3.63, 3.8) is 0 Å². The van der Waals surface area contributed by atoms with E-state index in [2.05, 4.69) is 0 Å². The molecule has 0 saturated carbocycles. The summed E-state index contributed by atoms with van der Waals surface area (Å²) in [5.74, 6) is 1.42. The van der Waals surface area contributed by atoms with Gasteiger partial charge in [-0.15, -0.1) is 0 Å². The second kappa shape index (κ2) is 6.37. The highest BCUT2D eigenvalue weighted by molar-refractivity contribution is 6.31. The average Bonchev–Trinajstić information content (AvgIpc) is 2.49. The van der Waals surface area contributed by atoms with Gasteiger partial charge in [0.05, 0.1) is 20.3 Å². The first-order valence-electron chi connectivity index (χ1n) is 6.71. The zero-order chi connectivity index (χ0) is 15.6. The van der Waals surface area contributed by atoms with E-state index in [-0.39, 0.29) is 6.04 Å². The first kappa shape index (κ1) is 15.7. The van der Waals surface area contributed by atoms with Crippen LogP contribution in [0.3, 0.4) is 0 Å². The third-order valence-electron chi connectivity index (χ3n) is 3.68. The van der Waals surface area contributed by atoms with E-state index >= 15 is 0 Å². The lowest BCUT2D eigenvalue weighted by molar-refractivity contribution is 0.393. The molecule has 0 heterocycles. The van der Waals surface area contributed by atoms with E-state index in [9.17, 15) is 0 Å². The van der Waals surface area contributed by atoms with Gasteiger partial charge in [0.1, 0.15) is 11.5 Å². The second-order valence-electron chi connectivity index (χ2n) is 5.08. The molecule has 21 heavy (non-hydrogen) atoms. The fourth-order valence-corrected chi connectivity index (χ4v) is 2.57. The molecule has 2 aromatic carbocycles. The molecule has 0 radical (unpaired) electrons. The Labute approximate surface area is 130 Å². The van der Waals surface area contributed by atoms with E-state index in [1.54, 1.807) is 14.2 Å². The van der Waals surface area contributed by atoms with Gasteiger partial charge in [-0.05, 0) is 54.3 Å². The van der Waals surface area contributed by atoms with E-state index in [0.717, 1.165) is 16.7 Å². The molecule has 1 unspecified atom stereocenters. The molecular formula is C17H20ClNO2. The van der Waals surface area contributed by atoms with Crippen LogP contribution in [0, 0.1) is 13.8 Å². The van der Waals surface area contributed by atoms with Gasteiger partial charge in [0.2, 0.25) is 0 Å². The predicted octanol–water partition coefficient (Wildman–Crippen LogP) is 4.02. The first-order chi connectivity index (χ1) is 9.96. The van der Waals surface area contributed by atoms with Crippen LogP contribution in [0.15, 0.2) is 30.3 Å². The molecule has 4 heteroatoms. The molecule has 0 spiro atoms. The van der Waals surface area contributed by atoms with Gasteiger partial charge >= 0.3 is 0 Å². The zero-order valence-corrected chi connectivity index (χ0v) is 13.5. The van der Waals surface area contributed by atoms with E-state index in [0.29, 0.717) is 16.5 Å². The van der Waals surface area contributed by atoms with Crippen molar-refractivity contribution in [2.24, 2.45) is 5.73 Å². The van der Waals surface area contributed by atoms with E-state index in [4.69, 9.17) is 26.8 Å². The molecule has 112 valence electrons. The molecule has 0 aliphatic heterocycles. The van der Waals surface area contributed by atoms with Gasteiger partial charge in [0, 0.05) is 11.1 Å². The topological polar surface area (TPSA) is 44.5 Å². The van der Waals surface area contributed by atoms with Crippen LogP contribution in [-0.2, 0) is 0 Å². The summed E-state index contributed by atoms with van der Waals surface area (Å²) in [6, 6.07) is 9.27. The van der Waals surface area contributed by atoms with Crippen LogP contribution in [0.25, 0.3) is 0 Å². The first-order valence-corrected chi connectivity index (χ1v) is 7.09. The summed E-state index contributed by atoms with van der Waals surface area (Å²) in [6.07, 6.45) is 0. The lowest BCUT2D eigenvalue weighted by atomic mass is 9.96. The van der Waals surface area contributed by atoms with Crippen molar-refractivity contribution in [3.8, 4) is 11.5 Å². The Morgan fingerprint density at radius 2 is 1.43 bits per heavy atom. The Hall–Kier alpha value is -1.71. The summed E-state index contributed by atoms with van der Waals surface area (Å²) in [6.45, 7) is 4.08. The van der Waals surface area contributed by atoms with Crippen LogP contribution in [0.5, 0.6) is 11.5 Å². The van der Waals surface area contributed by atoms with Gasteiger partial charge in [-0.1, -0.05) is 17.7 Å². The number of ether oxygens (including phenoxy) is 2. The summed E-state index contributed by atoms with van der Waals surface area (Å²) < 4.78 is 10.6. The second-order valence-corrected chi connectivity index (χ2v) is 5.49. The lowest BCUT2D eigenvalue weighted by Gasteiger charge is -2.18. The van der Waals surface area contributed by atoms with Gasteiger partial charge < -0.3 is 15.2 Å². The largest absolute Gasteiger partial charge is 0.497 e. The maximum absolute atomic E-state index is 6.39. The number of hydrogen-bond acceptors (Lipinski definition) is 3. The molecule has 0 fully saturated rings. The van der Waals surface area contributed by atoms with Gasteiger partial charge in [-0.3, -0.25) is 0 Å². The van der Waals surface area contributed by atoms with Crippen LogP contribution in [-0.4, -0.2) is 14.2 Å². The third kappa shape index (κ3) is 3.31. The summed E-state index contributed by atoms with van der Waals surface area (Å²) in [7, 11) is 3.24. The standard InChI is InChI=1S/C17H20ClNO2/c1-10-5-15(16(18)6-11(10)2)17(19)12-7-13(20-3)9-14(8-12)21-4/h5-9,17H,19H2,1-4H3. The van der Waals surface area contributed by atoms with Crippen LogP contribution in [0.2, 0.25) is 5.02 Å². The highest BCUT2D eigenvalue weighted by Crippen LogP contribution is 2.32. The van der Waals surface area contributed by atoms with Gasteiger partial charge in [0.25, 0.3) is 0 Å². The molecule has 0 saturated heterocycles. The molecule has 1 atom stereocenters. The number of methoxy groups -OCH3 is 2. The molecule has 0 amide bonds. The number of halogens is 1. The molecule has 0 bridgehead atoms. The van der Waals surface area contributed by atoms with Gasteiger partial charge in [-0.25, -0.2) is 0 Å². The molecule has 2 aromatic rings. The van der Waals surface area contributed by atoms with Crippen LogP contribution in [0.1, 0.15) is 28.3 Å². The number of hydrogen-bond donors (Lipinski definition) is 1. The Kier molecular flexibility index (Phi) is 4.76. The normalized spacial score (nSPS) is 12.1. The van der Waals surface area contributed by atoms with Crippen molar-refractivity contribution in [2.75, 3.05) is 14.2 Å². The fourth-order valence-electron chi connectivity index (χ4n) is 2.23. The van der Waals surface area contributed by atoms with Crippen molar-refractivity contribution in [2.45, 2.75) is 19.9 Å². The van der Waals surface area contributed by atoms with Gasteiger partial charge in [-0.2, -0.15) is 0 Å². The minimum atomic E-state index is -0.333. The van der Waals surface area contributed by atoms with Crippen LogP contribution < -0.4 is 15.2 Å². The molecule has 2 rings (SSSR count). The zero-order valence-electron chi connectivity index (χ0n) is 12.7. The highest BCUT2D eigenvalue weighted by atomic mass is 35.5. The summed E-state index contributed by atoms with van der Waals surface area (Å²) in [5.41, 5.74) is 10.5. The van der Waals surface area contributed by atoms with Crippen molar-refractivity contribution < 1.29 is 9.47 Å². The summed E-state index contributed by atoms with van der Waals surface area (Å²) in [4.78, 5) is 0. The molecule has 0 aliphatic carbocycles. The highest BCUT2D eigenvalue weighted by Gasteiger charge is 2.16. The third-order valence-corrected chi connectivity index (χ3v) is 4.01.